The van der Waals surface area contributed by atoms with Crippen molar-refractivity contribution in [1.82, 2.24) is 24.3 Å². The Labute approximate surface area is 170 Å². The second-order valence-electron chi connectivity index (χ2n) is 6.98. The van der Waals surface area contributed by atoms with Gasteiger partial charge < -0.3 is 9.09 Å². The number of aromatic nitrogens is 5. The van der Waals surface area contributed by atoms with Gasteiger partial charge >= 0.3 is 0 Å². The molecule has 0 spiro atoms. The van der Waals surface area contributed by atoms with Crippen LogP contribution in [0.4, 0.5) is 4.39 Å². The Morgan fingerprint density at radius 3 is 2.50 bits per heavy atom. The van der Waals surface area contributed by atoms with Crippen LogP contribution in [0.1, 0.15) is 11.5 Å². The van der Waals surface area contributed by atoms with Crippen LogP contribution in [-0.2, 0) is 6.54 Å². The fourth-order valence-electron chi connectivity index (χ4n) is 3.20. The average molecular weight is 401 g/mol. The lowest BCUT2D eigenvalue weighted by atomic mass is 10.1. The van der Waals surface area contributed by atoms with Crippen LogP contribution in [0.5, 0.6) is 0 Å². The minimum Gasteiger partial charge on any atom is -0.337 e. The van der Waals surface area contributed by atoms with E-state index in [0.717, 1.165) is 16.7 Å². The molecule has 8 heteroatoms. The van der Waals surface area contributed by atoms with Crippen LogP contribution in [0.15, 0.2) is 76.3 Å². The third kappa shape index (κ3) is 3.28. The van der Waals surface area contributed by atoms with Crippen LogP contribution in [0.25, 0.3) is 28.2 Å². The Bertz CT molecular complexity index is 1400. The molecule has 7 nitrogen and oxygen atoms in total. The van der Waals surface area contributed by atoms with Gasteiger partial charge in [0, 0.05) is 23.5 Å². The number of rotatable bonds is 4. The normalized spacial score (nSPS) is 11.3. The van der Waals surface area contributed by atoms with E-state index in [1.807, 2.05) is 31.2 Å². The maximum atomic E-state index is 13.2. The summed E-state index contributed by atoms with van der Waals surface area (Å²) in [7, 11) is 0. The number of benzene rings is 2. The number of nitrogens with zero attached hydrogens (tertiary/aromatic N) is 5. The third-order valence-electron chi connectivity index (χ3n) is 4.83. The summed E-state index contributed by atoms with van der Waals surface area (Å²) >= 11 is 0. The number of hydrogen-bond acceptors (Lipinski definition) is 5. The van der Waals surface area contributed by atoms with E-state index < -0.39 is 0 Å². The summed E-state index contributed by atoms with van der Waals surface area (Å²) in [5, 5.41) is 8.41. The van der Waals surface area contributed by atoms with Crippen molar-refractivity contribution < 1.29 is 8.91 Å². The molecular weight excluding hydrogens is 385 g/mol. The summed E-state index contributed by atoms with van der Waals surface area (Å²) in [4.78, 5) is 17.3. The smallest absolute Gasteiger partial charge is 0.277 e. The average Bonchev–Trinajstić information content (AvgIpc) is 3.39. The molecule has 0 radical (unpaired) electrons. The minimum absolute atomic E-state index is 0.144. The Balaban J connectivity index is 1.45. The Kier molecular flexibility index (Phi) is 4.24. The van der Waals surface area contributed by atoms with Crippen LogP contribution < -0.4 is 5.56 Å². The third-order valence-corrected chi connectivity index (χ3v) is 4.83. The van der Waals surface area contributed by atoms with E-state index in [0.29, 0.717) is 22.9 Å². The van der Waals surface area contributed by atoms with E-state index in [4.69, 9.17) is 4.52 Å². The molecule has 5 aromatic rings. The quantitative estimate of drug-likeness (QED) is 0.459. The molecule has 0 unspecified atom stereocenters. The molecule has 0 aliphatic heterocycles. The fourth-order valence-corrected chi connectivity index (χ4v) is 3.20. The van der Waals surface area contributed by atoms with Crippen molar-refractivity contribution >= 4 is 5.52 Å². The largest absolute Gasteiger partial charge is 0.337 e. The van der Waals surface area contributed by atoms with Gasteiger partial charge in [0.15, 0.2) is 0 Å². The van der Waals surface area contributed by atoms with Crippen LogP contribution in [0.3, 0.4) is 0 Å². The summed E-state index contributed by atoms with van der Waals surface area (Å²) in [5.74, 6) is 0.479. The molecule has 3 aromatic heterocycles. The Hall–Kier alpha value is -4.07. The predicted molar refractivity (Wildman–Crippen MR) is 108 cm³/mol. The maximum Gasteiger partial charge on any atom is 0.277 e. The molecule has 0 atom stereocenters. The molecule has 0 aliphatic carbocycles. The van der Waals surface area contributed by atoms with Gasteiger partial charge in [-0.15, -0.1) is 0 Å². The van der Waals surface area contributed by atoms with Gasteiger partial charge in [-0.25, -0.2) is 8.91 Å². The summed E-state index contributed by atoms with van der Waals surface area (Å²) in [6, 6.07) is 15.4. The van der Waals surface area contributed by atoms with E-state index in [-0.39, 0.29) is 17.9 Å². The zero-order chi connectivity index (χ0) is 20.7. The first-order valence-corrected chi connectivity index (χ1v) is 9.31. The fraction of sp³-hybridized carbons (Fsp3) is 0.0909. The lowest BCUT2D eigenvalue weighted by Gasteiger charge is -2.02. The first-order chi connectivity index (χ1) is 14.6. The first kappa shape index (κ1) is 18.0. The summed E-state index contributed by atoms with van der Waals surface area (Å²) in [6.07, 6.45) is 3.30. The second kappa shape index (κ2) is 7.07. The van der Waals surface area contributed by atoms with Crippen molar-refractivity contribution in [3.63, 3.8) is 0 Å². The van der Waals surface area contributed by atoms with Gasteiger partial charge in [0.05, 0.1) is 5.69 Å². The highest BCUT2D eigenvalue weighted by atomic mass is 19.1. The van der Waals surface area contributed by atoms with Crippen LogP contribution in [0.2, 0.25) is 0 Å². The zero-order valence-corrected chi connectivity index (χ0v) is 16.0. The summed E-state index contributed by atoms with van der Waals surface area (Å²) < 4.78 is 21.5. The maximum absolute atomic E-state index is 13.2. The molecule has 0 amide bonds. The predicted octanol–water partition coefficient (Wildman–Crippen LogP) is 3.71. The number of fused-ring (bicyclic) bond motifs is 1. The van der Waals surface area contributed by atoms with Crippen LogP contribution in [-0.4, -0.2) is 24.3 Å². The van der Waals surface area contributed by atoms with Gasteiger partial charge in [0.25, 0.3) is 5.56 Å². The zero-order valence-electron chi connectivity index (χ0n) is 16.0. The Morgan fingerprint density at radius 1 is 1.00 bits per heavy atom. The van der Waals surface area contributed by atoms with Gasteiger partial charge in [-0.1, -0.05) is 35.0 Å². The molecule has 0 saturated heterocycles. The number of halogens is 1. The number of aryl methyl sites for hydroxylation is 1. The summed E-state index contributed by atoms with van der Waals surface area (Å²) in [6.45, 7) is 2.15. The van der Waals surface area contributed by atoms with Gasteiger partial charge in [-0.2, -0.15) is 10.1 Å². The van der Waals surface area contributed by atoms with Crippen molar-refractivity contribution in [3.05, 3.63) is 94.6 Å². The van der Waals surface area contributed by atoms with Crippen molar-refractivity contribution in [2.24, 2.45) is 0 Å². The topological polar surface area (TPSA) is 78.2 Å². The number of hydrogen-bond donors (Lipinski definition) is 0. The molecule has 148 valence electrons. The van der Waals surface area contributed by atoms with E-state index in [9.17, 15) is 9.18 Å². The molecule has 0 N–H and O–H groups in total. The Morgan fingerprint density at radius 2 is 1.73 bits per heavy atom. The van der Waals surface area contributed by atoms with E-state index in [1.165, 1.54) is 21.2 Å². The van der Waals surface area contributed by atoms with E-state index in [2.05, 4.69) is 15.2 Å². The van der Waals surface area contributed by atoms with E-state index in [1.54, 1.807) is 30.6 Å². The molecular formula is C22H16FN5O2. The van der Waals surface area contributed by atoms with Crippen molar-refractivity contribution in [3.8, 4) is 22.6 Å². The van der Waals surface area contributed by atoms with E-state index >= 15 is 0 Å². The molecule has 0 aliphatic rings. The van der Waals surface area contributed by atoms with Crippen molar-refractivity contribution in [1.29, 1.82) is 0 Å². The van der Waals surface area contributed by atoms with Crippen LogP contribution >= 0.6 is 0 Å². The monoisotopic (exact) mass is 401 g/mol. The standard InChI is InChI=1S/C22H16FN5O2/c1-14-2-4-16(5-3-14)21-24-20(30-26-21)13-27-10-11-28-19(22(27)29)12-18(25-28)15-6-8-17(23)9-7-15/h2-12H,13H2,1H3. The first-order valence-electron chi connectivity index (χ1n) is 9.31. The highest BCUT2D eigenvalue weighted by Gasteiger charge is 2.13. The second-order valence-corrected chi connectivity index (χ2v) is 6.98. The molecule has 2 aromatic carbocycles. The van der Waals surface area contributed by atoms with Gasteiger partial charge in [0.1, 0.15) is 17.9 Å². The lowest BCUT2D eigenvalue weighted by Crippen LogP contribution is -2.21. The minimum atomic E-state index is -0.325. The van der Waals surface area contributed by atoms with Gasteiger partial charge in [-0.3, -0.25) is 4.79 Å². The molecule has 0 fully saturated rings. The molecule has 5 rings (SSSR count). The van der Waals surface area contributed by atoms with Gasteiger partial charge in [0.2, 0.25) is 11.7 Å². The lowest BCUT2D eigenvalue weighted by molar-refractivity contribution is 0.370. The molecule has 0 saturated carbocycles. The van der Waals surface area contributed by atoms with Crippen molar-refractivity contribution in [2.75, 3.05) is 0 Å². The molecule has 0 bridgehead atoms. The molecule has 3 heterocycles. The summed E-state index contributed by atoms with van der Waals surface area (Å²) in [5.41, 5.74) is 3.46. The molecule has 30 heavy (non-hydrogen) atoms. The SMILES string of the molecule is Cc1ccc(-c2noc(Cn3ccn4nc(-c5ccc(F)cc5)cc4c3=O)n2)cc1. The highest BCUT2D eigenvalue weighted by molar-refractivity contribution is 5.65. The van der Waals surface area contributed by atoms with Crippen LogP contribution in [0, 0.1) is 12.7 Å². The highest BCUT2D eigenvalue weighted by Crippen LogP contribution is 2.19. The van der Waals surface area contributed by atoms with Gasteiger partial charge in [-0.05, 0) is 37.3 Å². The van der Waals surface area contributed by atoms with Crippen molar-refractivity contribution in [2.45, 2.75) is 13.5 Å².